The highest BCUT2D eigenvalue weighted by Gasteiger charge is 2.56. The van der Waals surface area contributed by atoms with Crippen molar-refractivity contribution >= 4 is 25.2 Å². The van der Waals surface area contributed by atoms with Crippen molar-refractivity contribution in [3.63, 3.8) is 0 Å². The Hall–Kier alpha value is -2.94. The van der Waals surface area contributed by atoms with Crippen molar-refractivity contribution in [2.45, 2.75) is 57.1 Å². The number of ether oxygens (including phenoxy) is 2. The van der Waals surface area contributed by atoms with Crippen molar-refractivity contribution < 1.29 is 35.7 Å². The second-order valence-corrected chi connectivity index (χ2v) is 11.3. The Labute approximate surface area is 226 Å². The summed E-state index contributed by atoms with van der Waals surface area (Å²) in [6.45, 7) is 2.98. The summed E-state index contributed by atoms with van der Waals surface area (Å²) in [5, 5.41) is 11.1. The lowest BCUT2D eigenvalue weighted by atomic mass is 9.99. The maximum absolute atomic E-state index is 14.0. The molecule has 0 amide bonds. The number of aromatic nitrogens is 3. The Morgan fingerprint density at radius 3 is 2.66 bits per heavy atom. The summed E-state index contributed by atoms with van der Waals surface area (Å²) in [7, 11) is -4.53. The van der Waals surface area contributed by atoms with Gasteiger partial charge < -0.3 is 19.1 Å². The number of halogens is 1. The minimum absolute atomic E-state index is 0.0613. The smallest absolute Gasteiger partial charge is 0.380 e. The van der Waals surface area contributed by atoms with E-state index >= 15 is 0 Å². The number of carbonyl (C=O) groups is 1. The van der Waals surface area contributed by atoms with Crippen LogP contribution in [-0.2, 0) is 23.4 Å². The number of para-hydroxylation sites is 1. The fraction of sp³-hybridized carbons (Fsp3) is 0.500. The van der Waals surface area contributed by atoms with Gasteiger partial charge in [0, 0.05) is 0 Å². The molecule has 206 valence electrons. The topological polar surface area (TPSA) is 159 Å². The molecule has 1 aliphatic heterocycles. The van der Waals surface area contributed by atoms with Crippen LogP contribution in [0.15, 0.2) is 46.2 Å². The number of aliphatic hydroxyl groups is 1. The molecule has 14 heteroatoms. The van der Waals surface area contributed by atoms with E-state index in [1.165, 1.54) is 26.0 Å². The number of esters is 1. The first kappa shape index (κ1) is 26.7. The van der Waals surface area contributed by atoms with Crippen molar-refractivity contribution in [2.75, 3.05) is 12.7 Å². The van der Waals surface area contributed by atoms with E-state index in [2.05, 4.69) is 16.8 Å². The second-order valence-electron chi connectivity index (χ2n) is 8.68. The zero-order valence-corrected chi connectivity index (χ0v) is 22.6. The third-order valence-corrected chi connectivity index (χ3v) is 7.59. The zero-order valence-electron chi connectivity index (χ0n) is 23.0. The molecule has 0 saturated carbocycles. The second kappa shape index (κ2) is 12.3. The van der Waals surface area contributed by atoms with E-state index < -0.39 is 73.0 Å². The normalized spacial score (nSPS) is 26.3. The predicted molar refractivity (Wildman–Crippen MR) is 137 cm³/mol. The Morgan fingerprint density at radius 1 is 1.37 bits per heavy atom. The van der Waals surface area contributed by atoms with Gasteiger partial charge in [0.2, 0.25) is 0 Å². The van der Waals surface area contributed by atoms with Gasteiger partial charge in [-0.15, -0.1) is 5.92 Å². The molecule has 12 nitrogen and oxygen atoms in total. The number of hydrogen-bond acceptors (Lipinski definition) is 10. The molecule has 6 atom stereocenters. The van der Waals surface area contributed by atoms with Crippen molar-refractivity contribution in [1.29, 1.82) is 0 Å². The van der Waals surface area contributed by atoms with Crippen LogP contribution < -0.4 is 15.9 Å². The van der Waals surface area contributed by atoms with Crippen LogP contribution in [-0.4, -0.2) is 61.5 Å². The molecule has 0 radical (unpaired) electrons. The van der Waals surface area contributed by atoms with Crippen LogP contribution in [0.25, 0.3) is 0 Å². The van der Waals surface area contributed by atoms with E-state index in [1.807, 2.05) is 4.98 Å². The summed E-state index contributed by atoms with van der Waals surface area (Å²) >= 11 is 6.60. The first-order valence-electron chi connectivity index (χ1n) is 12.5. The molecule has 1 aliphatic rings. The highest BCUT2D eigenvalue weighted by atomic mass is 35.5. The molecule has 0 spiro atoms. The van der Waals surface area contributed by atoms with Gasteiger partial charge in [0.15, 0.2) is 11.1 Å². The van der Waals surface area contributed by atoms with Crippen LogP contribution in [0.1, 0.15) is 36.7 Å². The summed E-state index contributed by atoms with van der Waals surface area (Å²) < 4.78 is 53.8. The Kier molecular flexibility index (Phi) is 8.61. The van der Waals surface area contributed by atoms with Gasteiger partial charge in [-0.3, -0.25) is 18.9 Å². The zero-order chi connectivity index (χ0) is 29.9. The molecular weight excluding hydrogens is 541 g/mol. The van der Waals surface area contributed by atoms with E-state index in [4.69, 9.17) is 32.9 Å². The Balaban J connectivity index is 1.99. The molecule has 0 bridgehead atoms. The molecule has 2 heterocycles. The van der Waals surface area contributed by atoms with Crippen LogP contribution in [0.3, 0.4) is 0 Å². The third-order valence-electron chi connectivity index (χ3n) is 5.22. The molecule has 0 aliphatic carbocycles. The maximum atomic E-state index is 14.0. The van der Waals surface area contributed by atoms with Crippen molar-refractivity contribution in [1.82, 2.24) is 14.5 Å². The van der Waals surface area contributed by atoms with Crippen LogP contribution in [0, 0.1) is 17.8 Å². The van der Waals surface area contributed by atoms with Crippen LogP contribution in [0.2, 0.25) is 0 Å². The van der Waals surface area contributed by atoms with E-state index in [9.17, 15) is 24.1 Å². The summed E-state index contributed by atoms with van der Waals surface area (Å²) in [6.07, 6.45) is -5.86. The minimum atomic E-state index is -4.53. The number of hydrogen-bond donors (Lipinski definition) is 2. The molecular formula is C24H29ClN3O9P. The summed E-state index contributed by atoms with van der Waals surface area (Å²) in [4.78, 5) is 39.6. The van der Waals surface area contributed by atoms with Gasteiger partial charge in [0.05, 0.1) is 27.5 Å². The number of aliphatic hydroxyl groups excluding tert-OH is 1. The van der Waals surface area contributed by atoms with E-state index in [1.54, 1.807) is 32.0 Å². The quantitative estimate of drug-likeness (QED) is 0.187. The number of aromatic amines is 1. The number of rotatable bonds is 10. The fourth-order valence-corrected chi connectivity index (χ4v) is 5.59. The fourth-order valence-electron chi connectivity index (χ4n) is 3.51. The van der Waals surface area contributed by atoms with Crippen LogP contribution in [0.5, 0.6) is 5.75 Å². The van der Waals surface area contributed by atoms with Crippen molar-refractivity contribution in [3.05, 3.63) is 57.6 Å². The van der Waals surface area contributed by atoms with Gasteiger partial charge in [-0.2, -0.15) is 4.98 Å². The molecule has 1 aromatic carbocycles. The number of carbonyl (C=O) groups excluding carboxylic acids is 1. The minimum Gasteiger partial charge on any atom is -0.463 e. The number of nitrogens with one attached hydrogen (secondary N) is 1. The first-order chi connectivity index (χ1) is 18.6. The van der Waals surface area contributed by atoms with Crippen LogP contribution in [0.4, 0.5) is 0 Å². The molecule has 1 fully saturated rings. The number of alkyl halides is 1. The van der Waals surface area contributed by atoms with Crippen LogP contribution >= 0.6 is 19.2 Å². The highest BCUT2D eigenvalue weighted by Crippen LogP contribution is 2.51. The number of H-pyrrole nitrogens is 1. The molecule has 2 N–H and O–H groups in total. The third kappa shape index (κ3) is 6.92. The Bertz CT molecular complexity index is 1440. The highest BCUT2D eigenvalue weighted by molar-refractivity contribution is 7.54. The molecule has 1 aromatic heterocycles. The SMILES string of the molecule is [2H]C([2H])(O[P@@](=O)(C[C@@H](C)C(=O)OC(C)C)Oc1ccccc1)[C@H]1O[C@@H](n2cnc(=O)[nH]c2=O)C(Cl)(C#CC)[C@H]1O. The maximum Gasteiger partial charge on any atom is 0.380 e. The monoisotopic (exact) mass is 571 g/mol. The molecule has 38 heavy (non-hydrogen) atoms. The number of benzene rings is 1. The average molecular weight is 572 g/mol. The van der Waals surface area contributed by atoms with Crippen molar-refractivity contribution in [3.8, 4) is 17.6 Å². The molecule has 3 rings (SSSR count). The molecule has 1 saturated heterocycles. The standard InChI is InChI=1S/C24H29ClN3O9P/c1-5-11-24(25)19(29)18(36-21(24)28-14-26-22(31)27-23(28)32)12-34-38(33,37-17-9-7-6-8-10-17)13-16(4)20(30)35-15(2)3/h6-10,14-16,18-19,21,29H,12-13H2,1-4H3,(H,27,31,32)/t16-,18-,19+,21-,24?,38+/m1/s1/i12D2. The van der Waals surface area contributed by atoms with Gasteiger partial charge >= 0.3 is 24.9 Å². The average Bonchev–Trinajstić information content (AvgIpc) is 3.10. The largest absolute Gasteiger partial charge is 0.463 e. The van der Waals surface area contributed by atoms with E-state index in [0.29, 0.717) is 0 Å². The van der Waals surface area contributed by atoms with E-state index in [-0.39, 0.29) is 5.75 Å². The lowest BCUT2D eigenvalue weighted by molar-refractivity contribution is -0.151. The lowest BCUT2D eigenvalue weighted by Gasteiger charge is -2.25. The molecule has 2 aromatic rings. The van der Waals surface area contributed by atoms with Crippen molar-refractivity contribution in [2.24, 2.45) is 5.92 Å². The van der Waals surface area contributed by atoms with Gasteiger partial charge in [-0.25, -0.2) is 14.2 Å². The van der Waals surface area contributed by atoms with Gasteiger partial charge in [-0.05, 0) is 32.9 Å². The van der Waals surface area contributed by atoms with E-state index in [0.717, 1.165) is 10.9 Å². The summed E-state index contributed by atoms with van der Waals surface area (Å²) in [5.74, 6) is 3.31. The number of nitrogens with zero attached hydrogens (tertiary/aromatic N) is 2. The summed E-state index contributed by atoms with van der Waals surface area (Å²) in [6, 6.07) is 7.75. The summed E-state index contributed by atoms with van der Waals surface area (Å²) in [5.41, 5.74) is -1.97. The van der Waals surface area contributed by atoms with Gasteiger partial charge in [0.25, 0.3) is 0 Å². The first-order valence-corrected chi connectivity index (χ1v) is 13.6. The lowest BCUT2D eigenvalue weighted by Crippen LogP contribution is -2.44. The van der Waals surface area contributed by atoms with Gasteiger partial charge in [-0.1, -0.05) is 42.6 Å². The predicted octanol–water partition coefficient (Wildman–Crippen LogP) is 2.07. The van der Waals surface area contributed by atoms with Gasteiger partial charge in [0.1, 0.15) is 24.3 Å². The Morgan fingerprint density at radius 2 is 2.05 bits per heavy atom. The molecule has 1 unspecified atom stereocenters.